The van der Waals surface area contributed by atoms with Gasteiger partial charge in [-0.1, -0.05) is 37.3 Å². The summed E-state index contributed by atoms with van der Waals surface area (Å²) in [6.45, 7) is 1.98. The Hall–Kier alpha value is -1.00. The van der Waals surface area contributed by atoms with E-state index in [1.807, 2.05) is 13.0 Å². The molecule has 0 aliphatic heterocycles. The van der Waals surface area contributed by atoms with Crippen molar-refractivity contribution >= 4 is 17.7 Å². The van der Waals surface area contributed by atoms with Gasteiger partial charge >= 0.3 is 5.97 Å². The van der Waals surface area contributed by atoms with Crippen LogP contribution in [0.2, 0.25) is 0 Å². The van der Waals surface area contributed by atoms with Gasteiger partial charge in [0.2, 0.25) is 0 Å². The molecule has 0 amide bonds. The van der Waals surface area contributed by atoms with Crippen LogP contribution < -0.4 is 5.73 Å². The van der Waals surface area contributed by atoms with Crippen LogP contribution in [0.15, 0.2) is 30.3 Å². The summed E-state index contributed by atoms with van der Waals surface area (Å²) >= 11 is 1.53. The standard InChI is InChI=1S/C11H15NO2S/c1-2-15-8-11(12,10(13)14)9-6-4-3-5-7-9/h3-7H,2,8,12H2,1H3,(H,13,14). The van der Waals surface area contributed by atoms with Crippen LogP contribution >= 0.6 is 11.8 Å². The number of carboxylic acid groups (broad SMARTS) is 1. The van der Waals surface area contributed by atoms with Crippen molar-refractivity contribution in [3.05, 3.63) is 35.9 Å². The first kappa shape index (κ1) is 12.1. The maximum atomic E-state index is 11.2. The van der Waals surface area contributed by atoms with E-state index in [0.29, 0.717) is 11.3 Å². The van der Waals surface area contributed by atoms with E-state index in [1.54, 1.807) is 24.3 Å². The van der Waals surface area contributed by atoms with Crippen LogP contribution in [0.4, 0.5) is 0 Å². The highest BCUT2D eigenvalue weighted by atomic mass is 32.2. The van der Waals surface area contributed by atoms with Crippen LogP contribution in [0.5, 0.6) is 0 Å². The summed E-state index contributed by atoms with van der Waals surface area (Å²) in [7, 11) is 0. The lowest BCUT2D eigenvalue weighted by atomic mass is 9.93. The molecule has 0 fully saturated rings. The van der Waals surface area contributed by atoms with Gasteiger partial charge in [0.15, 0.2) is 0 Å². The van der Waals surface area contributed by atoms with Crippen LogP contribution in [0, 0.1) is 0 Å². The smallest absolute Gasteiger partial charge is 0.329 e. The maximum absolute atomic E-state index is 11.2. The molecule has 0 bridgehead atoms. The lowest BCUT2D eigenvalue weighted by Crippen LogP contribution is -2.47. The third-order valence-corrected chi connectivity index (χ3v) is 3.27. The molecule has 1 aromatic rings. The van der Waals surface area contributed by atoms with Gasteiger partial charge in [0.1, 0.15) is 5.54 Å². The number of carboxylic acids is 1. The Labute approximate surface area is 93.7 Å². The van der Waals surface area contributed by atoms with Crippen LogP contribution in [0.3, 0.4) is 0 Å². The van der Waals surface area contributed by atoms with Crippen molar-refractivity contribution in [3.8, 4) is 0 Å². The van der Waals surface area contributed by atoms with E-state index < -0.39 is 11.5 Å². The highest BCUT2D eigenvalue weighted by Gasteiger charge is 2.35. The van der Waals surface area contributed by atoms with E-state index >= 15 is 0 Å². The summed E-state index contributed by atoms with van der Waals surface area (Å²) in [4.78, 5) is 11.2. The Morgan fingerprint density at radius 3 is 2.53 bits per heavy atom. The summed E-state index contributed by atoms with van der Waals surface area (Å²) in [6.07, 6.45) is 0. The zero-order valence-electron chi connectivity index (χ0n) is 8.64. The molecule has 1 rings (SSSR count). The summed E-state index contributed by atoms with van der Waals surface area (Å²) in [6, 6.07) is 8.96. The molecule has 4 heteroatoms. The van der Waals surface area contributed by atoms with Gasteiger partial charge in [-0.2, -0.15) is 11.8 Å². The van der Waals surface area contributed by atoms with Gasteiger partial charge in [0.25, 0.3) is 0 Å². The minimum atomic E-state index is -1.28. The predicted molar refractivity (Wildman–Crippen MR) is 62.9 cm³/mol. The Balaban J connectivity index is 2.96. The van der Waals surface area contributed by atoms with Gasteiger partial charge < -0.3 is 10.8 Å². The van der Waals surface area contributed by atoms with E-state index in [2.05, 4.69) is 0 Å². The third kappa shape index (κ3) is 2.73. The second kappa shape index (κ2) is 5.19. The Kier molecular flexibility index (Phi) is 4.17. The van der Waals surface area contributed by atoms with Gasteiger partial charge in [-0.3, -0.25) is 0 Å². The minimum absolute atomic E-state index is 0.392. The molecule has 1 atom stereocenters. The SMILES string of the molecule is CCSCC(N)(C(=O)O)c1ccccc1. The molecule has 1 aromatic carbocycles. The second-order valence-electron chi connectivity index (χ2n) is 3.28. The van der Waals surface area contributed by atoms with E-state index in [0.717, 1.165) is 5.75 Å². The molecule has 0 aliphatic carbocycles. The highest BCUT2D eigenvalue weighted by molar-refractivity contribution is 7.99. The second-order valence-corrected chi connectivity index (χ2v) is 4.55. The Morgan fingerprint density at radius 2 is 2.07 bits per heavy atom. The Morgan fingerprint density at radius 1 is 1.47 bits per heavy atom. The number of nitrogens with two attached hydrogens (primary N) is 1. The molecule has 0 aliphatic rings. The number of hydrogen-bond acceptors (Lipinski definition) is 3. The first-order valence-electron chi connectivity index (χ1n) is 4.77. The lowest BCUT2D eigenvalue weighted by Gasteiger charge is -2.24. The summed E-state index contributed by atoms with van der Waals surface area (Å²) in [5.74, 6) is 0.275. The van der Waals surface area contributed by atoms with Gasteiger partial charge in [0.05, 0.1) is 0 Å². The van der Waals surface area contributed by atoms with Crippen LogP contribution in [-0.2, 0) is 10.3 Å². The quantitative estimate of drug-likeness (QED) is 0.800. The fraction of sp³-hybridized carbons (Fsp3) is 0.364. The number of carbonyl (C=O) groups is 1. The molecule has 15 heavy (non-hydrogen) atoms. The van der Waals surface area contributed by atoms with E-state index in [9.17, 15) is 9.90 Å². The number of thioether (sulfide) groups is 1. The number of benzene rings is 1. The zero-order valence-corrected chi connectivity index (χ0v) is 9.46. The van der Waals surface area contributed by atoms with Crippen molar-refractivity contribution < 1.29 is 9.90 Å². The van der Waals surface area contributed by atoms with Gasteiger partial charge in [-0.15, -0.1) is 0 Å². The summed E-state index contributed by atoms with van der Waals surface area (Å²) < 4.78 is 0. The normalized spacial score (nSPS) is 14.5. The first-order valence-corrected chi connectivity index (χ1v) is 5.92. The fourth-order valence-electron chi connectivity index (χ4n) is 1.27. The zero-order chi connectivity index (χ0) is 11.3. The van der Waals surface area contributed by atoms with E-state index in [-0.39, 0.29) is 0 Å². The van der Waals surface area contributed by atoms with Crippen molar-refractivity contribution in [2.24, 2.45) is 5.73 Å². The van der Waals surface area contributed by atoms with Crippen molar-refractivity contribution in [1.82, 2.24) is 0 Å². The molecular formula is C11H15NO2S. The molecule has 1 unspecified atom stereocenters. The fourth-order valence-corrected chi connectivity index (χ4v) is 2.08. The number of hydrogen-bond donors (Lipinski definition) is 2. The number of aliphatic carboxylic acids is 1. The van der Waals surface area contributed by atoms with Crippen LogP contribution in [0.1, 0.15) is 12.5 Å². The molecule has 0 saturated heterocycles. The number of rotatable bonds is 5. The van der Waals surface area contributed by atoms with Crippen LogP contribution in [0.25, 0.3) is 0 Å². The summed E-state index contributed by atoms with van der Waals surface area (Å²) in [5, 5.41) is 9.17. The highest BCUT2D eigenvalue weighted by Crippen LogP contribution is 2.23. The maximum Gasteiger partial charge on any atom is 0.329 e. The molecule has 0 spiro atoms. The monoisotopic (exact) mass is 225 g/mol. The topological polar surface area (TPSA) is 63.3 Å². The average molecular weight is 225 g/mol. The van der Waals surface area contributed by atoms with Gasteiger partial charge in [-0.05, 0) is 11.3 Å². The molecule has 0 saturated carbocycles. The lowest BCUT2D eigenvalue weighted by molar-refractivity contribution is -0.142. The average Bonchev–Trinajstić information content (AvgIpc) is 2.27. The molecule has 3 nitrogen and oxygen atoms in total. The molecular weight excluding hydrogens is 210 g/mol. The molecule has 0 radical (unpaired) electrons. The molecule has 0 aromatic heterocycles. The van der Waals surface area contributed by atoms with Crippen molar-refractivity contribution in [1.29, 1.82) is 0 Å². The largest absolute Gasteiger partial charge is 0.480 e. The van der Waals surface area contributed by atoms with Crippen molar-refractivity contribution in [2.75, 3.05) is 11.5 Å². The van der Waals surface area contributed by atoms with E-state index in [4.69, 9.17) is 5.73 Å². The van der Waals surface area contributed by atoms with Gasteiger partial charge in [-0.25, -0.2) is 4.79 Å². The predicted octanol–water partition coefficient (Wildman–Crippen LogP) is 1.68. The van der Waals surface area contributed by atoms with Crippen molar-refractivity contribution in [2.45, 2.75) is 12.5 Å². The van der Waals surface area contributed by atoms with Crippen LogP contribution in [-0.4, -0.2) is 22.6 Å². The molecule has 82 valence electrons. The van der Waals surface area contributed by atoms with E-state index in [1.165, 1.54) is 11.8 Å². The molecule has 0 heterocycles. The minimum Gasteiger partial charge on any atom is -0.480 e. The molecule has 3 N–H and O–H groups in total. The third-order valence-electron chi connectivity index (χ3n) is 2.20. The summed E-state index contributed by atoms with van der Waals surface area (Å²) in [5.41, 5.74) is 5.30. The van der Waals surface area contributed by atoms with Gasteiger partial charge in [0, 0.05) is 5.75 Å². The van der Waals surface area contributed by atoms with Crippen molar-refractivity contribution in [3.63, 3.8) is 0 Å². The first-order chi connectivity index (χ1) is 7.11. The Bertz CT molecular complexity index is 329.